The quantitative estimate of drug-likeness (QED) is 0.524. The Kier molecular flexibility index (Phi) is 9.37. The van der Waals surface area contributed by atoms with E-state index >= 15 is 0 Å². The minimum atomic E-state index is 0. The summed E-state index contributed by atoms with van der Waals surface area (Å²) in [5, 5.41) is 0. The number of hydrogen-bond donors (Lipinski definition) is 1. The second-order valence-electron chi connectivity index (χ2n) is 2.19. The molecule has 1 aliphatic heterocycles. The van der Waals surface area contributed by atoms with Gasteiger partial charge in [0.05, 0.1) is 12.2 Å². The van der Waals surface area contributed by atoms with Gasteiger partial charge in [-0.3, -0.25) is 0 Å². The summed E-state index contributed by atoms with van der Waals surface area (Å²) >= 11 is 0. The van der Waals surface area contributed by atoms with Crippen LogP contribution in [0.5, 0.6) is 0 Å². The molecule has 1 saturated heterocycles. The maximum absolute atomic E-state index is 5.34. The standard InChI is InChI=1S/C6H12NO.ClH.Hg/c1-5-2-3-6(4-7)8-5;;/h5-6H,1-4,7H2;1H;/q;;+1/p-1. The van der Waals surface area contributed by atoms with Gasteiger partial charge in [0.15, 0.2) is 0 Å². The van der Waals surface area contributed by atoms with E-state index in [1.807, 2.05) is 0 Å². The maximum Gasteiger partial charge on any atom is 1.00 e. The minimum Gasteiger partial charge on any atom is -1.00 e. The van der Waals surface area contributed by atoms with E-state index < -0.39 is 0 Å². The van der Waals surface area contributed by atoms with Gasteiger partial charge in [0.2, 0.25) is 0 Å². The molecule has 1 aliphatic rings. The molecule has 0 spiro atoms. The molecule has 0 bridgehead atoms. The summed E-state index contributed by atoms with van der Waals surface area (Å²) in [7, 11) is 0. The third-order valence-corrected chi connectivity index (χ3v) is 1.46. The first-order valence-corrected chi connectivity index (χ1v) is 3.01. The second kappa shape index (κ2) is 6.83. The predicted octanol–water partition coefficient (Wildman–Crippen LogP) is -2.67. The fourth-order valence-corrected chi connectivity index (χ4v) is 0.953. The van der Waals surface area contributed by atoms with E-state index in [9.17, 15) is 0 Å². The summed E-state index contributed by atoms with van der Waals surface area (Å²) in [5.41, 5.74) is 5.34. The van der Waals surface area contributed by atoms with Crippen LogP contribution < -0.4 is 18.1 Å². The molecule has 2 nitrogen and oxygen atoms in total. The molecule has 2 unspecified atom stereocenters. The Labute approximate surface area is 88.8 Å². The van der Waals surface area contributed by atoms with Crippen LogP contribution in [0, 0.1) is 6.92 Å². The summed E-state index contributed by atoms with van der Waals surface area (Å²) in [6.45, 7) is 4.40. The Morgan fingerprint density at radius 1 is 1.50 bits per heavy atom. The van der Waals surface area contributed by atoms with Gasteiger partial charge < -0.3 is 22.9 Å². The number of ether oxygens (including phenoxy) is 1. The van der Waals surface area contributed by atoms with Crippen LogP contribution in [0.1, 0.15) is 12.8 Å². The SMILES string of the molecule is [CH2]C1CCC(CN)O1.[Cl-].[Hg+]. The van der Waals surface area contributed by atoms with Crippen LogP contribution in [-0.2, 0) is 32.4 Å². The molecule has 0 aromatic carbocycles. The first-order chi connectivity index (χ1) is 3.83. The van der Waals surface area contributed by atoms with Crippen LogP contribution in [0.25, 0.3) is 0 Å². The van der Waals surface area contributed by atoms with Crippen molar-refractivity contribution in [2.24, 2.45) is 5.73 Å². The number of rotatable bonds is 1. The fourth-order valence-electron chi connectivity index (χ4n) is 0.953. The Morgan fingerprint density at radius 3 is 2.30 bits per heavy atom. The molecule has 10 heavy (non-hydrogen) atoms. The van der Waals surface area contributed by atoms with Crippen LogP contribution in [0.3, 0.4) is 0 Å². The Hall–Kier alpha value is 1.15. The topological polar surface area (TPSA) is 35.2 Å². The van der Waals surface area contributed by atoms with E-state index in [-0.39, 0.29) is 52.3 Å². The van der Waals surface area contributed by atoms with Crippen LogP contribution in [-0.4, -0.2) is 18.8 Å². The molecule has 0 aromatic rings. The predicted molar refractivity (Wildman–Crippen MR) is 32.3 cm³/mol. The van der Waals surface area contributed by atoms with Gasteiger partial charge in [0, 0.05) is 6.54 Å². The molecule has 1 rings (SSSR count). The van der Waals surface area contributed by atoms with Crippen LogP contribution in [0.4, 0.5) is 0 Å². The van der Waals surface area contributed by atoms with E-state index in [4.69, 9.17) is 10.5 Å². The molecule has 1 fully saturated rings. The van der Waals surface area contributed by atoms with Crippen LogP contribution >= 0.6 is 0 Å². The van der Waals surface area contributed by atoms with Crippen molar-refractivity contribution in [3.05, 3.63) is 6.92 Å². The molecule has 0 aromatic heterocycles. The van der Waals surface area contributed by atoms with Crippen molar-refractivity contribution < 1.29 is 44.8 Å². The number of hydrogen-bond acceptors (Lipinski definition) is 2. The molecular formula is C6H12ClHgNO. The van der Waals surface area contributed by atoms with Gasteiger partial charge in [-0.15, -0.1) is 0 Å². The van der Waals surface area contributed by atoms with Crippen molar-refractivity contribution in [3.8, 4) is 0 Å². The number of halogens is 1. The molecule has 2 N–H and O–H groups in total. The zero-order valence-electron chi connectivity index (χ0n) is 6.05. The van der Waals surface area contributed by atoms with Gasteiger partial charge in [-0.2, -0.15) is 0 Å². The van der Waals surface area contributed by atoms with Crippen molar-refractivity contribution in [2.75, 3.05) is 6.54 Å². The molecule has 4 heteroatoms. The molecule has 2 atom stereocenters. The van der Waals surface area contributed by atoms with Crippen molar-refractivity contribution in [3.63, 3.8) is 0 Å². The second-order valence-corrected chi connectivity index (χ2v) is 2.19. The van der Waals surface area contributed by atoms with E-state index in [1.165, 1.54) is 0 Å². The van der Waals surface area contributed by atoms with Gasteiger partial charge in [-0.05, 0) is 19.8 Å². The zero-order chi connectivity index (χ0) is 5.98. The molecule has 2 radical (unpaired) electrons. The van der Waals surface area contributed by atoms with Gasteiger partial charge in [0.1, 0.15) is 0 Å². The van der Waals surface area contributed by atoms with Crippen LogP contribution in [0.2, 0.25) is 0 Å². The summed E-state index contributed by atoms with van der Waals surface area (Å²) < 4.78 is 5.27. The normalized spacial score (nSPS) is 30.6. The smallest absolute Gasteiger partial charge is 1.00 e. The Morgan fingerprint density at radius 2 is 2.10 bits per heavy atom. The van der Waals surface area contributed by atoms with Crippen molar-refractivity contribution in [1.29, 1.82) is 0 Å². The van der Waals surface area contributed by atoms with Gasteiger partial charge in [0.25, 0.3) is 0 Å². The van der Waals surface area contributed by atoms with Crippen LogP contribution in [0.15, 0.2) is 0 Å². The first kappa shape index (κ1) is 13.7. The summed E-state index contributed by atoms with van der Waals surface area (Å²) in [6.07, 6.45) is 2.65. The van der Waals surface area contributed by atoms with Gasteiger partial charge in [-0.1, -0.05) is 0 Å². The third kappa shape index (κ3) is 4.11. The third-order valence-electron chi connectivity index (χ3n) is 1.46. The molecule has 0 aliphatic carbocycles. The average Bonchev–Trinajstić information content (AvgIpc) is 2.14. The van der Waals surface area contributed by atoms with E-state index in [0.29, 0.717) is 6.54 Å². The van der Waals surface area contributed by atoms with Crippen molar-refractivity contribution >= 4 is 0 Å². The first-order valence-electron chi connectivity index (χ1n) is 3.01. The summed E-state index contributed by atoms with van der Waals surface area (Å²) in [6, 6.07) is 0. The monoisotopic (exact) mass is 351 g/mol. The van der Waals surface area contributed by atoms with E-state index in [2.05, 4.69) is 6.92 Å². The molecule has 1 heterocycles. The van der Waals surface area contributed by atoms with Crippen molar-refractivity contribution in [2.45, 2.75) is 25.0 Å². The van der Waals surface area contributed by atoms with Gasteiger partial charge >= 0.3 is 27.7 Å². The Bertz CT molecular complexity index is 84.1. The summed E-state index contributed by atoms with van der Waals surface area (Å²) in [5.74, 6) is 0. The van der Waals surface area contributed by atoms with E-state index in [0.717, 1.165) is 12.8 Å². The fraction of sp³-hybridized carbons (Fsp3) is 0.833. The molecular weight excluding hydrogens is 338 g/mol. The average molecular weight is 350 g/mol. The molecule has 56 valence electrons. The molecule has 0 amide bonds. The Balaban J connectivity index is 0. The zero-order valence-corrected chi connectivity index (χ0v) is 12.3. The molecule has 0 saturated carbocycles. The maximum atomic E-state index is 5.34. The number of nitrogens with two attached hydrogens (primary N) is 1. The largest absolute Gasteiger partial charge is 1.00 e. The van der Waals surface area contributed by atoms with E-state index in [1.54, 1.807) is 0 Å². The van der Waals surface area contributed by atoms with Gasteiger partial charge in [-0.25, -0.2) is 0 Å². The van der Waals surface area contributed by atoms with Crippen molar-refractivity contribution in [1.82, 2.24) is 0 Å². The minimum absolute atomic E-state index is 0. The summed E-state index contributed by atoms with van der Waals surface area (Å²) in [4.78, 5) is 0.